The molecule has 0 spiro atoms. The third-order valence-electron chi connectivity index (χ3n) is 8.61. The van der Waals surface area contributed by atoms with Crippen LogP contribution in [0.2, 0.25) is 0 Å². The van der Waals surface area contributed by atoms with Crippen LogP contribution < -0.4 is 31.9 Å². The highest BCUT2D eigenvalue weighted by Gasteiger charge is 2.36. The molecule has 8 N–H and O–H groups in total. The van der Waals surface area contributed by atoms with Gasteiger partial charge in [0.2, 0.25) is 23.6 Å². The van der Waals surface area contributed by atoms with Gasteiger partial charge in [-0.3, -0.25) is 24.1 Å². The zero-order chi connectivity index (χ0) is 39.6. The summed E-state index contributed by atoms with van der Waals surface area (Å²) < 4.78 is 5.11. The van der Waals surface area contributed by atoms with Gasteiger partial charge in [0.15, 0.2) is 0 Å². The number of nitrogens with zero attached hydrogens (tertiary/aromatic N) is 1. The van der Waals surface area contributed by atoms with Crippen LogP contribution in [0.1, 0.15) is 52.0 Å². The fraction of sp³-hybridized carbons (Fsp3) is 0.436. The third-order valence-corrected chi connectivity index (χ3v) is 8.61. The lowest BCUT2D eigenvalue weighted by Gasteiger charge is -2.33. The van der Waals surface area contributed by atoms with E-state index in [2.05, 4.69) is 21.3 Å². The number of benzene rings is 3. The fourth-order valence-corrected chi connectivity index (χ4v) is 5.70. The van der Waals surface area contributed by atoms with Gasteiger partial charge in [-0.1, -0.05) is 74.5 Å². The molecule has 0 aliphatic rings. The number of rotatable bonds is 21. The monoisotopic (exact) mass is 748 g/mol. The van der Waals surface area contributed by atoms with Crippen molar-refractivity contribution in [1.82, 2.24) is 21.3 Å². The molecule has 0 radical (unpaired) electrons. The van der Waals surface area contributed by atoms with Gasteiger partial charge in [0.1, 0.15) is 37.1 Å². The van der Waals surface area contributed by atoms with Crippen LogP contribution >= 0.6 is 0 Å². The number of anilines is 1. The molecule has 292 valence electrons. The Bertz CT molecular complexity index is 1710. The molecule has 0 bridgehead atoms. The second kappa shape index (κ2) is 22.0. The molecule has 0 aliphatic heterocycles. The molecule has 0 saturated carbocycles. The highest BCUT2D eigenvalue weighted by molar-refractivity contribution is 6.06. The van der Waals surface area contributed by atoms with Crippen molar-refractivity contribution in [3.63, 3.8) is 0 Å². The molecule has 0 heterocycles. The molecule has 0 saturated heterocycles. The van der Waals surface area contributed by atoms with Gasteiger partial charge >= 0.3 is 6.09 Å². The van der Waals surface area contributed by atoms with E-state index in [9.17, 15) is 39.0 Å². The molecule has 3 aromatic rings. The van der Waals surface area contributed by atoms with Crippen LogP contribution in [0.3, 0.4) is 0 Å². The Labute approximate surface area is 315 Å². The first-order chi connectivity index (χ1) is 25.9. The van der Waals surface area contributed by atoms with Crippen LogP contribution in [0.5, 0.6) is 0 Å². The van der Waals surface area contributed by atoms with E-state index in [1.807, 2.05) is 38.1 Å². The number of ether oxygens (including phenoxy) is 1. The molecule has 5 amide bonds. The lowest BCUT2D eigenvalue weighted by atomic mass is 10.0. The van der Waals surface area contributed by atoms with Gasteiger partial charge in [-0.2, -0.15) is 0 Å². The van der Waals surface area contributed by atoms with Gasteiger partial charge in [0.25, 0.3) is 0 Å². The SMILES string of the molecule is CC(C)C[C@@H](C=O)NC(=O)[C@H](C)N(C(=O)[C@H](CCCCN)NC(=O)[C@H](CO)NC(=O)[C@H](CO)NC(=O)OCc1ccccc1)c1ccc2ccccc2c1. The van der Waals surface area contributed by atoms with E-state index < -0.39 is 73.1 Å². The smallest absolute Gasteiger partial charge is 0.408 e. The Morgan fingerprint density at radius 3 is 1.98 bits per heavy atom. The molecular formula is C39H52N6O9. The molecule has 5 atom stereocenters. The highest BCUT2D eigenvalue weighted by Crippen LogP contribution is 2.26. The van der Waals surface area contributed by atoms with Crippen molar-refractivity contribution in [3.8, 4) is 0 Å². The number of amides is 5. The van der Waals surface area contributed by atoms with Crippen molar-refractivity contribution in [1.29, 1.82) is 0 Å². The van der Waals surface area contributed by atoms with Crippen LogP contribution in [-0.4, -0.2) is 96.2 Å². The molecular weight excluding hydrogens is 696 g/mol. The molecule has 0 aromatic heterocycles. The molecule has 0 unspecified atom stereocenters. The molecule has 54 heavy (non-hydrogen) atoms. The average molecular weight is 749 g/mol. The van der Waals surface area contributed by atoms with Crippen LogP contribution in [0, 0.1) is 5.92 Å². The van der Waals surface area contributed by atoms with Gasteiger partial charge in [0.05, 0.1) is 19.3 Å². The molecule has 0 fully saturated rings. The number of nitrogens with two attached hydrogens (primary N) is 1. The summed E-state index contributed by atoms with van der Waals surface area (Å²) in [6.07, 6.45) is 1.03. The fourth-order valence-electron chi connectivity index (χ4n) is 5.70. The average Bonchev–Trinajstić information content (AvgIpc) is 3.17. The number of unbranched alkanes of at least 4 members (excludes halogenated alkanes) is 1. The van der Waals surface area contributed by atoms with Gasteiger partial charge in [-0.15, -0.1) is 0 Å². The zero-order valence-corrected chi connectivity index (χ0v) is 30.9. The zero-order valence-electron chi connectivity index (χ0n) is 30.9. The highest BCUT2D eigenvalue weighted by atomic mass is 16.5. The maximum absolute atomic E-state index is 14.5. The van der Waals surface area contributed by atoms with E-state index in [1.165, 1.54) is 11.8 Å². The first-order valence-corrected chi connectivity index (χ1v) is 18.0. The topological polar surface area (TPSA) is 229 Å². The van der Waals surface area contributed by atoms with Gasteiger partial charge in [0, 0.05) is 5.69 Å². The van der Waals surface area contributed by atoms with E-state index in [-0.39, 0.29) is 18.9 Å². The maximum atomic E-state index is 14.5. The minimum absolute atomic E-state index is 0.0880. The number of carbonyl (C=O) groups is 6. The van der Waals surface area contributed by atoms with Crippen molar-refractivity contribution in [2.45, 2.75) is 83.3 Å². The van der Waals surface area contributed by atoms with E-state index in [0.717, 1.165) is 10.8 Å². The number of fused-ring (bicyclic) bond motifs is 1. The van der Waals surface area contributed by atoms with Crippen molar-refractivity contribution >= 4 is 52.5 Å². The van der Waals surface area contributed by atoms with E-state index >= 15 is 0 Å². The number of aliphatic hydroxyl groups is 2. The molecule has 3 rings (SSSR count). The quantitative estimate of drug-likeness (QED) is 0.0616. The van der Waals surface area contributed by atoms with Gasteiger partial charge in [-0.05, 0) is 73.5 Å². The predicted molar refractivity (Wildman–Crippen MR) is 203 cm³/mol. The predicted octanol–water partition coefficient (Wildman–Crippen LogP) is 1.67. The molecule has 15 nitrogen and oxygen atoms in total. The summed E-state index contributed by atoms with van der Waals surface area (Å²) in [7, 11) is 0. The minimum Gasteiger partial charge on any atom is -0.445 e. The number of hydrogen-bond donors (Lipinski definition) is 7. The Balaban J connectivity index is 1.85. The maximum Gasteiger partial charge on any atom is 0.408 e. The molecule has 3 aromatic carbocycles. The first kappa shape index (κ1) is 43.0. The van der Waals surface area contributed by atoms with E-state index in [0.29, 0.717) is 43.3 Å². The summed E-state index contributed by atoms with van der Waals surface area (Å²) in [4.78, 5) is 80.2. The van der Waals surface area contributed by atoms with Crippen LogP contribution in [-0.2, 0) is 35.3 Å². The summed E-state index contributed by atoms with van der Waals surface area (Å²) in [6, 6.07) is 15.1. The summed E-state index contributed by atoms with van der Waals surface area (Å²) in [5, 5.41) is 31.5. The minimum atomic E-state index is -1.60. The normalized spacial score (nSPS) is 13.8. The summed E-state index contributed by atoms with van der Waals surface area (Å²) >= 11 is 0. The number of carbonyl (C=O) groups excluding carboxylic acids is 6. The van der Waals surface area contributed by atoms with Crippen LogP contribution in [0.4, 0.5) is 10.5 Å². The number of hydrogen-bond acceptors (Lipinski definition) is 10. The van der Waals surface area contributed by atoms with Crippen molar-refractivity contribution in [2.75, 3.05) is 24.7 Å². The molecule has 15 heteroatoms. The summed E-state index contributed by atoms with van der Waals surface area (Å²) in [5.74, 6) is -3.08. The lowest BCUT2D eigenvalue weighted by Crippen LogP contribution is -2.60. The number of aldehydes is 1. The summed E-state index contributed by atoms with van der Waals surface area (Å²) in [6.45, 7) is 3.80. The Kier molecular flexibility index (Phi) is 17.5. The Morgan fingerprint density at radius 1 is 0.759 bits per heavy atom. The van der Waals surface area contributed by atoms with E-state index in [1.54, 1.807) is 48.5 Å². The van der Waals surface area contributed by atoms with Crippen molar-refractivity contribution in [3.05, 3.63) is 78.4 Å². The van der Waals surface area contributed by atoms with Crippen LogP contribution in [0.15, 0.2) is 72.8 Å². The van der Waals surface area contributed by atoms with E-state index in [4.69, 9.17) is 10.5 Å². The lowest BCUT2D eigenvalue weighted by molar-refractivity contribution is -0.134. The summed E-state index contributed by atoms with van der Waals surface area (Å²) in [5.41, 5.74) is 6.77. The number of nitrogens with one attached hydrogen (secondary N) is 4. The van der Waals surface area contributed by atoms with Crippen molar-refractivity contribution < 1.29 is 43.7 Å². The van der Waals surface area contributed by atoms with Gasteiger partial charge in [-0.25, -0.2) is 4.79 Å². The number of alkyl carbamates (subject to hydrolysis) is 1. The Morgan fingerprint density at radius 2 is 1.37 bits per heavy atom. The second-order valence-electron chi connectivity index (χ2n) is 13.3. The van der Waals surface area contributed by atoms with Crippen LogP contribution in [0.25, 0.3) is 10.8 Å². The Hall–Kier alpha value is -5.38. The molecule has 0 aliphatic carbocycles. The standard InChI is InChI=1S/C39H52N6O9/c1-25(2)19-30(21-46)41-35(49)26(3)45(31-17-16-28-13-7-8-14-29(28)20-31)38(52)32(15-9-10-18-40)42-36(50)33(22-47)43-37(51)34(23-48)44-39(53)54-24-27-11-5-4-6-12-27/h4-8,11-14,16-17,20-21,25-26,30,32-34,47-48H,9-10,15,18-19,22-24,40H2,1-3H3,(H,41,49)(H,42,50)(H,43,51)(H,44,53)/t26-,30-,32-,33-,34-/m0/s1. The van der Waals surface area contributed by atoms with Gasteiger partial charge < -0.3 is 46.7 Å². The largest absolute Gasteiger partial charge is 0.445 e. The second-order valence-corrected chi connectivity index (χ2v) is 13.3. The first-order valence-electron chi connectivity index (χ1n) is 18.0. The number of aliphatic hydroxyl groups excluding tert-OH is 2. The third kappa shape index (κ3) is 12.9. The van der Waals surface area contributed by atoms with Crippen molar-refractivity contribution in [2.24, 2.45) is 11.7 Å².